The Balaban J connectivity index is 1.09. The van der Waals surface area contributed by atoms with Gasteiger partial charge in [-0.3, -0.25) is 0 Å². The van der Waals surface area contributed by atoms with Crippen molar-refractivity contribution in [1.82, 2.24) is 9.13 Å². The molecule has 1 aliphatic carbocycles. The normalized spacial score (nSPS) is 14.0. The first-order valence-electron chi connectivity index (χ1n) is 24.6. The molecule has 0 amide bonds. The predicted octanol–water partition coefficient (Wildman–Crippen LogP) is 17.8. The number of para-hydroxylation sites is 3. The molecule has 0 saturated heterocycles. The van der Waals surface area contributed by atoms with Crippen LogP contribution in [0.1, 0.15) is 22.3 Å². The molecule has 0 fully saturated rings. The van der Waals surface area contributed by atoms with Gasteiger partial charge in [0.2, 0.25) is 0 Å². The Labute approximate surface area is 413 Å². The molecule has 332 valence electrons. The smallest absolute Gasteiger partial charge is 0.0755 e. The van der Waals surface area contributed by atoms with Gasteiger partial charge in [0, 0.05) is 33.0 Å². The van der Waals surface area contributed by atoms with Crippen molar-refractivity contribution in [2.75, 3.05) is 0 Å². The molecule has 1 unspecified atom stereocenters. The van der Waals surface area contributed by atoms with Crippen molar-refractivity contribution in [2.45, 2.75) is 5.41 Å². The van der Waals surface area contributed by atoms with E-state index in [2.05, 4.69) is 288 Å². The van der Waals surface area contributed by atoms with Crippen LogP contribution < -0.4 is 0 Å². The van der Waals surface area contributed by atoms with E-state index in [4.69, 9.17) is 0 Å². The molecule has 0 N–H and O–H groups in total. The molecule has 2 heterocycles. The predicted molar refractivity (Wildman–Crippen MR) is 297 cm³/mol. The van der Waals surface area contributed by atoms with E-state index in [1.165, 1.54) is 99.7 Å². The van der Waals surface area contributed by atoms with Crippen LogP contribution >= 0.6 is 0 Å². The molecule has 14 rings (SSSR count). The van der Waals surface area contributed by atoms with Gasteiger partial charge in [-0.25, -0.2) is 0 Å². The molecule has 2 nitrogen and oxygen atoms in total. The molecule has 0 aliphatic heterocycles. The van der Waals surface area contributed by atoms with E-state index in [0.717, 1.165) is 22.4 Å². The maximum atomic E-state index is 2.56. The van der Waals surface area contributed by atoms with Crippen molar-refractivity contribution in [2.24, 2.45) is 0 Å². The molecule has 0 radical (unpaired) electrons. The van der Waals surface area contributed by atoms with Crippen molar-refractivity contribution in [1.29, 1.82) is 0 Å². The summed E-state index contributed by atoms with van der Waals surface area (Å²) in [4.78, 5) is 0. The topological polar surface area (TPSA) is 9.86 Å². The summed E-state index contributed by atoms with van der Waals surface area (Å²) in [6, 6.07) is 103. The number of aromatic nitrogens is 2. The quantitative estimate of drug-likeness (QED) is 0.144. The lowest BCUT2D eigenvalue weighted by molar-refractivity contribution is 0.767. The second kappa shape index (κ2) is 16.5. The van der Waals surface area contributed by atoms with Crippen LogP contribution in [0.2, 0.25) is 0 Å². The Bertz CT molecular complexity index is 4000. The number of rotatable bonds is 8. The first kappa shape index (κ1) is 40.8. The molecular formula is C69H46N2. The van der Waals surface area contributed by atoms with Crippen LogP contribution in [-0.2, 0) is 5.41 Å². The maximum absolute atomic E-state index is 2.56. The zero-order valence-corrected chi connectivity index (χ0v) is 39.0. The van der Waals surface area contributed by atoms with Crippen molar-refractivity contribution < 1.29 is 0 Å². The van der Waals surface area contributed by atoms with E-state index in [9.17, 15) is 0 Å². The van der Waals surface area contributed by atoms with Crippen molar-refractivity contribution in [3.8, 4) is 67.1 Å². The first-order chi connectivity index (χ1) is 35.3. The van der Waals surface area contributed by atoms with Crippen LogP contribution in [0.5, 0.6) is 0 Å². The van der Waals surface area contributed by atoms with E-state index in [1.54, 1.807) is 0 Å². The molecule has 1 aliphatic rings. The van der Waals surface area contributed by atoms with Gasteiger partial charge in [-0.2, -0.15) is 0 Å². The third-order valence-corrected chi connectivity index (χ3v) is 15.0. The van der Waals surface area contributed by atoms with Gasteiger partial charge in [-0.1, -0.05) is 231 Å². The molecule has 71 heavy (non-hydrogen) atoms. The number of hydrogen-bond donors (Lipinski definition) is 0. The van der Waals surface area contributed by atoms with E-state index in [0.29, 0.717) is 0 Å². The summed E-state index contributed by atoms with van der Waals surface area (Å²) in [5.74, 6) is 0. The minimum atomic E-state index is -0.699. The van der Waals surface area contributed by atoms with E-state index in [-0.39, 0.29) is 0 Å². The van der Waals surface area contributed by atoms with Gasteiger partial charge >= 0.3 is 0 Å². The molecule has 0 spiro atoms. The average Bonchev–Trinajstić information content (AvgIpc) is 4.09. The monoisotopic (exact) mass is 902 g/mol. The Kier molecular flexibility index (Phi) is 9.47. The van der Waals surface area contributed by atoms with Gasteiger partial charge in [0.15, 0.2) is 0 Å². The van der Waals surface area contributed by atoms with Crippen molar-refractivity contribution in [3.63, 3.8) is 0 Å². The Morgan fingerprint density at radius 1 is 0.268 bits per heavy atom. The highest BCUT2D eigenvalue weighted by atomic mass is 15.0. The summed E-state index contributed by atoms with van der Waals surface area (Å²) in [6.45, 7) is 0. The highest BCUT2D eigenvalue weighted by Crippen LogP contribution is 2.61. The lowest BCUT2D eigenvalue weighted by Crippen LogP contribution is -2.30. The fourth-order valence-electron chi connectivity index (χ4n) is 12.1. The zero-order chi connectivity index (χ0) is 46.9. The summed E-state index contributed by atoms with van der Waals surface area (Å²) in [5, 5.41) is 3.65. The van der Waals surface area contributed by atoms with Crippen LogP contribution in [0.15, 0.2) is 279 Å². The zero-order valence-electron chi connectivity index (χ0n) is 39.0. The molecule has 0 bridgehead atoms. The minimum Gasteiger partial charge on any atom is -0.309 e. The third kappa shape index (κ3) is 6.21. The minimum absolute atomic E-state index is 0.699. The van der Waals surface area contributed by atoms with Crippen molar-refractivity contribution >= 4 is 32.7 Å². The molecular weight excluding hydrogens is 857 g/mol. The second-order valence-corrected chi connectivity index (χ2v) is 18.7. The van der Waals surface area contributed by atoms with E-state index < -0.39 is 5.41 Å². The van der Waals surface area contributed by atoms with Crippen LogP contribution in [0.25, 0.3) is 99.8 Å². The number of fused-ring (bicyclic) bond motifs is 8. The number of nitrogens with zero attached hydrogens (tertiary/aromatic N) is 2. The maximum Gasteiger partial charge on any atom is 0.0755 e. The van der Waals surface area contributed by atoms with Crippen molar-refractivity contribution in [3.05, 3.63) is 301 Å². The standard InChI is InChI=1S/C69H46N2/c1-5-23-47(24-6-1)53-31-13-15-33-55(53)49-41-43-64-59(45-49)60-46-50(56-34-16-14-32-54(56)48-25-7-2-8-26-48)42-44-65(60)71(64)66-40-22-20-38-62(66)69(51-27-9-3-10-28-51)61-37-19-17-35-57(61)68-67(69)58-36-18-21-39-63(58)70(68)52-29-11-4-12-30-52/h1-46H. The SMILES string of the molecule is c1ccc(-c2ccccc2-c2ccc3c(c2)c2cc(-c4ccccc4-c4ccccc4)ccc2n3-c2ccccc2C2(c3ccccc3)c3ccccc3-c3c2c2ccccc2n3-c2ccccc2)cc1. The summed E-state index contributed by atoms with van der Waals surface area (Å²) in [6.07, 6.45) is 0. The average molecular weight is 903 g/mol. The second-order valence-electron chi connectivity index (χ2n) is 18.7. The molecule has 11 aromatic carbocycles. The van der Waals surface area contributed by atoms with Crippen LogP contribution in [0, 0.1) is 0 Å². The molecule has 2 aromatic heterocycles. The van der Waals surface area contributed by atoms with Gasteiger partial charge < -0.3 is 9.13 Å². The van der Waals surface area contributed by atoms with Gasteiger partial charge in [-0.15, -0.1) is 0 Å². The number of benzene rings is 11. The lowest BCUT2D eigenvalue weighted by atomic mass is 9.66. The molecule has 1 atom stereocenters. The highest BCUT2D eigenvalue weighted by Gasteiger charge is 2.50. The Hall–Kier alpha value is -9.24. The first-order valence-corrected chi connectivity index (χ1v) is 24.6. The van der Waals surface area contributed by atoms with Gasteiger partial charge in [0.1, 0.15) is 0 Å². The molecule has 2 heteroatoms. The van der Waals surface area contributed by atoms with Crippen LogP contribution in [0.4, 0.5) is 0 Å². The van der Waals surface area contributed by atoms with E-state index in [1.807, 2.05) is 0 Å². The Morgan fingerprint density at radius 2 is 0.690 bits per heavy atom. The summed E-state index contributed by atoms with van der Waals surface area (Å²) in [5.41, 5.74) is 22.2. The van der Waals surface area contributed by atoms with E-state index >= 15 is 0 Å². The third-order valence-electron chi connectivity index (χ3n) is 15.0. The summed E-state index contributed by atoms with van der Waals surface area (Å²) < 4.78 is 5.06. The summed E-state index contributed by atoms with van der Waals surface area (Å²) in [7, 11) is 0. The van der Waals surface area contributed by atoms with Crippen LogP contribution in [0.3, 0.4) is 0 Å². The Morgan fingerprint density at radius 3 is 1.27 bits per heavy atom. The fourth-order valence-corrected chi connectivity index (χ4v) is 12.1. The highest BCUT2D eigenvalue weighted by molar-refractivity contribution is 6.13. The number of hydrogen-bond acceptors (Lipinski definition) is 0. The largest absolute Gasteiger partial charge is 0.309 e. The van der Waals surface area contributed by atoms with Gasteiger partial charge in [-0.05, 0) is 110 Å². The van der Waals surface area contributed by atoms with Gasteiger partial charge in [0.05, 0.1) is 33.3 Å². The lowest BCUT2D eigenvalue weighted by Gasteiger charge is -2.35. The fraction of sp³-hybridized carbons (Fsp3) is 0.0145. The summed E-state index contributed by atoms with van der Waals surface area (Å²) >= 11 is 0. The van der Waals surface area contributed by atoms with Gasteiger partial charge in [0.25, 0.3) is 0 Å². The molecule has 0 saturated carbocycles. The van der Waals surface area contributed by atoms with Crippen LogP contribution in [-0.4, -0.2) is 9.13 Å². The molecule has 13 aromatic rings.